The lowest BCUT2D eigenvalue weighted by Crippen LogP contribution is -2.48. The number of aliphatic hydroxyl groups is 1. The molecule has 1 N–H and O–H groups in total. The number of hydrogen-bond acceptors (Lipinski definition) is 3. The second-order valence-corrected chi connectivity index (χ2v) is 6.69. The maximum absolute atomic E-state index is 11.0. The van der Waals surface area contributed by atoms with Gasteiger partial charge in [0.1, 0.15) is 0 Å². The van der Waals surface area contributed by atoms with Crippen molar-refractivity contribution in [1.82, 2.24) is 4.90 Å². The summed E-state index contributed by atoms with van der Waals surface area (Å²) in [6, 6.07) is 3.23. The predicted molar refractivity (Wildman–Crippen MR) is 69.8 cm³/mol. The van der Waals surface area contributed by atoms with Crippen LogP contribution in [0.3, 0.4) is 0 Å². The Morgan fingerprint density at radius 1 is 1.33 bits per heavy atom. The van der Waals surface area contributed by atoms with Gasteiger partial charge in [0.05, 0.1) is 17.1 Å². The number of likely N-dealkylation sites (tertiary alicyclic amines) is 1. The van der Waals surface area contributed by atoms with Crippen molar-refractivity contribution in [3.05, 3.63) is 0 Å². The van der Waals surface area contributed by atoms with Crippen LogP contribution in [0.2, 0.25) is 0 Å². The summed E-state index contributed by atoms with van der Waals surface area (Å²) in [6.45, 7) is 3.93. The van der Waals surface area contributed by atoms with Crippen molar-refractivity contribution in [2.75, 3.05) is 13.1 Å². The lowest BCUT2D eigenvalue weighted by atomic mass is 9.70. The maximum Gasteiger partial charge on any atom is 0.0971 e. The van der Waals surface area contributed by atoms with E-state index in [0.29, 0.717) is 12.0 Å². The van der Waals surface area contributed by atoms with Crippen molar-refractivity contribution in [2.24, 2.45) is 11.3 Å². The van der Waals surface area contributed by atoms with E-state index in [-0.39, 0.29) is 0 Å². The van der Waals surface area contributed by atoms with Crippen molar-refractivity contribution >= 4 is 0 Å². The van der Waals surface area contributed by atoms with E-state index >= 15 is 0 Å². The summed E-state index contributed by atoms with van der Waals surface area (Å²) in [6.07, 6.45) is 7.45. The lowest BCUT2D eigenvalue weighted by Gasteiger charge is -2.37. The van der Waals surface area contributed by atoms with Gasteiger partial charge in [0.15, 0.2) is 0 Å². The Balaban J connectivity index is 1.77. The third-order valence-corrected chi connectivity index (χ3v) is 5.64. The van der Waals surface area contributed by atoms with Crippen LogP contribution in [-0.4, -0.2) is 34.7 Å². The number of hydrogen-bond donors (Lipinski definition) is 1. The minimum atomic E-state index is -0.742. The zero-order valence-corrected chi connectivity index (χ0v) is 11.4. The predicted octanol–water partition coefficient (Wildman–Crippen LogP) is 2.31. The average Bonchev–Trinajstić information content (AvgIpc) is 3.00. The molecule has 3 unspecified atom stereocenters. The molecule has 0 amide bonds. The second kappa shape index (κ2) is 4.21. The molecule has 3 heteroatoms. The van der Waals surface area contributed by atoms with E-state index in [4.69, 9.17) is 0 Å². The van der Waals surface area contributed by atoms with Gasteiger partial charge in [-0.3, -0.25) is 4.90 Å². The Hall–Kier alpha value is -0.590. The van der Waals surface area contributed by atoms with Gasteiger partial charge in [-0.15, -0.1) is 0 Å². The summed E-state index contributed by atoms with van der Waals surface area (Å²) in [5, 5.41) is 20.7. The van der Waals surface area contributed by atoms with Gasteiger partial charge in [-0.25, -0.2) is 0 Å². The van der Waals surface area contributed by atoms with E-state index in [1.807, 2.05) is 0 Å². The van der Waals surface area contributed by atoms with Gasteiger partial charge in [-0.2, -0.15) is 5.26 Å². The molecule has 1 heterocycles. The van der Waals surface area contributed by atoms with Crippen LogP contribution >= 0.6 is 0 Å². The number of β-amino-alcohol motifs (C(OH)–C–C–N with tert-alkyl or cyclic N) is 1. The molecule has 0 aromatic rings. The monoisotopic (exact) mass is 248 g/mol. The maximum atomic E-state index is 11.0. The molecule has 18 heavy (non-hydrogen) atoms. The van der Waals surface area contributed by atoms with Gasteiger partial charge < -0.3 is 5.11 Å². The third kappa shape index (κ3) is 1.78. The molecule has 1 aliphatic heterocycles. The van der Waals surface area contributed by atoms with Crippen molar-refractivity contribution in [3.63, 3.8) is 0 Å². The zero-order chi connectivity index (χ0) is 12.8. The highest BCUT2D eigenvalue weighted by molar-refractivity contribution is 5.18. The molecule has 100 valence electrons. The minimum Gasteiger partial charge on any atom is -0.387 e. The van der Waals surface area contributed by atoms with E-state index in [9.17, 15) is 10.4 Å². The molecule has 0 spiro atoms. The van der Waals surface area contributed by atoms with Crippen LogP contribution in [0.15, 0.2) is 0 Å². The van der Waals surface area contributed by atoms with Gasteiger partial charge in [0.25, 0.3) is 0 Å². The number of rotatable bonds is 3. The summed E-state index contributed by atoms with van der Waals surface area (Å²) in [5.74, 6) is 0.642. The SMILES string of the molecule is CCC1CCC(C#N)(C2(O)CCN(C3CC3)C2)C1. The molecule has 3 nitrogen and oxygen atoms in total. The van der Waals surface area contributed by atoms with Crippen LogP contribution in [0, 0.1) is 22.7 Å². The number of nitriles is 1. The van der Waals surface area contributed by atoms with Gasteiger partial charge in [-0.05, 0) is 44.4 Å². The van der Waals surface area contributed by atoms with E-state index in [1.54, 1.807) is 0 Å². The standard InChI is InChI=1S/C15H24N2O/c1-2-12-5-6-14(9-12,10-16)15(18)7-8-17(11-15)13-3-4-13/h12-13,18H,2-9,11H2,1H3. The molecular weight excluding hydrogens is 224 g/mol. The molecule has 3 atom stereocenters. The van der Waals surface area contributed by atoms with Gasteiger partial charge in [0, 0.05) is 19.1 Å². The normalized spacial score (nSPS) is 45.3. The Kier molecular flexibility index (Phi) is 2.91. The first-order valence-electron chi connectivity index (χ1n) is 7.50. The molecule has 3 fully saturated rings. The average molecular weight is 248 g/mol. The van der Waals surface area contributed by atoms with Crippen molar-refractivity contribution in [3.8, 4) is 6.07 Å². The molecule has 0 radical (unpaired) electrons. The summed E-state index contributed by atoms with van der Waals surface area (Å²) < 4.78 is 0. The quantitative estimate of drug-likeness (QED) is 0.833. The first-order chi connectivity index (χ1) is 8.62. The molecule has 2 aliphatic carbocycles. The van der Waals surface area contributed by atoms with Crippen molar-refractivity contribution in [2.45, 2.75) is 63.5 Å². The summed E-state index contributed by atoms with van der Waals surface area (Å²) >= 11 is 0. The first-order valence-corrected chi connectivity index (χ1v) is 7.50. The van der Waals surface area contributed by atoms with Crippen LogP contribution in [-0.2, 0) is 0 Å². The largest absolute Gasteiger partial charge is 0.387 e. The fourth-order valence-electron chi connectivity index (χ4n) is 4.09. The topological polar surface area (TPSA) is 47.3 Å². The van der Waals surface area contributed by atoms with Gasteiger partial charge in [0.2, 0.25) is 0 Å². The Labute approximate surface area is 110 Å². The lowest BCUT2D eigenvalue weighted by molar-refractivity contribution is -0.0454. The van der Waals surface area contributed by atoms with Crippen molar-refractivity contribution in [1.29, 1.82) is 5.26 Å². The molecule has 0 aromatic heterocycles. The van der Waals surface area contributed by atoms with Gasteiger partial charge in [-0.1, -0.05) is 13.3 Å². The second-order valence-electron chi connectivity index (χ2n) is 6.69. The van der Waals surface area contributed by atoms with E-state index in [0.717, 1.165) is 45.2 Å². The summed E-state index contributed by atoms with van der Waals surface area (Å²) in [5.41, 5.74) is -1.20. The Morgan fingerprint density at radius 2 is 2.11 bits per heavy atom. The first kappa shape index (κ1) is 12.4. The van der Waals surface area contributed by atoms with Crippen molar-refractivity contribution < 1.29 is 5.11 Å². The highest BCUT2D eigenvalue weighted by Crippen LogP contribution is 2.53. The highest BCUT2D eigenvalue weighted by atomic mass is 16.3. The molecule has 1 saturated heterocycles. The van der Waals surface area contributed by atoms with Gasteiger partial charge >= 0.3 is 0 Å². The number of nitrogens with zero attached hydrogens (tertiary/aromatic N) is 2. The molecule has 3 aliphatic rings. The third-order valence-electron chi connectivity index (χ3n) is 5.64. The fraction of sp³-hybridized carbons (Fsp3) is 0.933. The molecule has 2 saturated carbocycles. The molecular formula is C15H24N2O. The van der Waals surface area contributed by atoms with E-state index < -0.39 is 11.0 Å². The van der Waals surface area contributed by atoms with Crippen LogP contribution in [0.5, 0.6) is 0 Å². The van der Waals surface area contributed by atoms with Crippen LogP contribution in [0.1, 0.15) is 51.9 Å². The van der Waals surface area contributed by atoms with E-state index in [1.165, 1.54) is 12.8 Å². The van der Waals surface area contributed by atoms with Crippen LogP contribution in [0.4, 0.5) is 0 Å². The molecule has 0 bridgehead atoms. The van der Waals surface area contributed by atoms with Crippen LogP contribution in [0.25, 0.3) is 0 Å². The smallest absolute Gasteiger partial charge is 0.0971 e. The highest BCUT2D eigenvalue weighted by Gasteiger charge is 2.58. The van der Waals surface area contributed by atoms with Crippen LogP contribution < -0.4 is 0 Å². The Morgan fingerprint density at radius 3 is 2.67 bits per heavy atom. The fourth-order valence-corrected chi connectivity index (χ4v) is 4.09. The Bertz CT molecular complexity index is 373. The minimum absolute atomic E-state index is 0.461. The molecule has 0 aromatic carbocycles. The van der Waals surface area contributed by atoms with E-state index in [2.05, 4.69) is 17.9 Å². The molecule has 3 rings (SSSR count). The summed E-state index contributed by atoms with van der Waals surface area (Å²) in [4.78, 5) is 2.42. The summed E-state index contributed by atoms with van der Waals surface area (Å²) in [7, 11) is 0. The zero-order valence-electron chi connectivity index (χ0n) is 11.4.